The van der Waals surface area contributed by atoms with Gasteiger partial charge in [0.2, 0.25) is 11.8 Å². The summed E-state index contributed by atoms with van der Waals surface area (Å²) in [7, 11) is 0. The van der Waals surface area contributed by atoms with E-state index in [-0.39, 0.29) is 29.2 Å². The molecule has 0 aliphatic heterocycles. The third-order valence-electron chi connectivity index (χ3n) is 7.20. The maximum absolute atomic E-state index is 13.1. The second-order valence-electron chi connectivity index (χ2n) is 9.07. The summed E-state index contributed by atoms with van der Waals surface area (Å²) in [5.41, 5.74) is 4.91. The highest BCUT2D eigenvalue weighted by molar-refractivity contribution is 5.94. The van der Waals surface area contributed by atoms with Gasteiger partial charge in [0.1, 0.15) is 0 Å². The van der Waals surface area contributed by atoms with E-state index in [1.807, 2.05) is 0 Å². The lowest BCUT2D eigenvalue weighted by Gasteiger charge is -2.56. The summed E-state index contributed by atoms with van der Waals surface area (Å²) in [6, 6.07) is -0.625. The molecule has 0 aromatic heterocycles. The molecule has 5 rings (SSSR count). The number of primary amides is 1. The molecule has 0 aromatic rings. The molecule has 0 radical (unpaired) electrons. The lowest BCUT2D eigenvalue weighted by Crippen LogP contribution is -2.55. The fourth-order valence-electron chi connectivity index (χ4n) is 6.45. The van der Waals surface area contributed by atoms with Crippen molar-refractivity contribution in [3.05, 3.63) is 0 Å². The van der Waals surface area contributed by atoms with E-state index in [0.717, 1.165) is 49.9 Å². The van der Waals surface area contributed by atoms with Gasteiger partial charge in [-0.1, -0.05) is 0 Å². The summed E-state index contributed by atoms with van der Waals surface area (Å²) in [6.07, 6.45) is 10.3. The zero-order chi connectivity index (χ0) is 17.6. The molecule has 6 heteroatoms. The first-order valence-electron chi connectivity index (χ1n) is 9.85. The first-order valence-corrected chi connectivity index (χ1v) is 9.85. The third kappa shape index (κ3) is 3.27. The molecule has 5 fully saturated rings. The highest BCUT2D eigenvalue weighted by Crippen LogP contribution is 2.60. The van der Waals surface area contributed by atoms with Gasteiger partial charge in [0.25, 0.3) is 0 Å². The van der Waals surface area contributed by atoms with Gasteiger partial charge >= 0.3 is 6.03 Å². The lowest BCUT2D eigenvalue weighted by molar-refractivity contribution is -0.147. The molecule has 5 aliphatic rings. The van der Waals surface area contributed by atoms with Crippen molar-refractivity contribution < 1.29 is 14.4 Å². The van der Waals surface area contributed by atoms with Crippen molar-refractivity contribution in [2.75, 3.05) is 0 Å². The van der Waals surface area contributed by atoms with Crippen molar-refractivity contribution in [1.29, 1.82) is 0 Å². The van der Waals surface area contributed by atoms with Gasteiger partial charge in [-0.05, 0) is 82.0 Å². The molecule has 5 saturated carbocycles. The van der Waals surface area contributed by atoms with Crippen LogP contribution in [0.15, 0.2) is 0 Å². The molecule has 4 amide bonds. The second kappa shape index (κ2) is 6.29. The average Bonchev–Trinajstić information content (AvgIpc) is 2.53. The minimum absolute atomic E-state index is 0.102. The number of rotatable bonds is 3. The number of carbonyl (C=O) groups is 3. The van der Waals surface area contributed by atoms with Crippen LogP contribution in [0.3, 0.4) is 0 Å². The normalized spacial score (nSPS) is 42.0. The van der Waals surface area contributed by atoms with Crippen LogP contribution in [0.1, 0.15) is 64.2 Å². The molecule has 5 aliphatic carbocycles. The van der Waals surface area contributed by atoms with Crippen LogP contribution in [0.5, 0.6) is 0 Å². The van der Waals surface area contributed by atoms with Crippen LogP contribution < -0.4 is 16.4 Å². The smallest absolute Gasteiger partial charge is 0.318 e. The molecule has 6 nitrogen and oxygen atoms in total. The summed E-state index contributed by atoms with van der Waals surface area (Å²) in [6.45, 7) is 0. The maximum atomic E-state index is 13.1. The zero-order valence-electron chi connectivity index (χ0n) is 14.8. The number of carbonyl (C=O) groups excluding carboxylic acids is 3. The first-order chi connectivity index (χ1) is 11.9. The number of nitrogens with one attached hydrogen (secondary N) is 2. The summed E-state index contributed by atoms with van der Waals surface area (Å²) >= 11 is 0. The molecular formula is C19H29N3O3. The number of nitrogens with two attached hydrogens (primary N) is 1. The molecule has 0 heterocycles. The summed E-state index contributed by atoms with van der Waals surface area (Å²) in [5, 5.41) is 5.48. The van der Waals surface area contributed by atoms with Gasteiger partial charge in [0.15, 0.2) is 0 Å². The SMILES string of the molecule is NC(=O)NC(=O)C1CCC(NC(=O)C23CC4CC(CC(C4)C2)C3)CC1. The number of imide groups is 1. The quantitative estimate of drug-likeness (QED) is 0.728. The van der Waals surface area contributed by atoms with Crippen LogP contribution in [0, 0.1) is 29.1 Å². The highest BCUT2D eigenvalue weighted by atomic mass is 16.2. The summed E-state index contributed by atoms with van der Waals surface area (Å²) in [5.74, 6) is 2.14. The number of hydrogen-bond donors (Lipinski definition) is 3. The van der Waals surface area contributed by atoms with E-state index in [9.17, 15) is 14.4 Å². The van der Waals surface area contributed by atoms with Crippen molar-refractivity contribution in [2.45, 2.75) is 70.3 Å². The molecule has 0 unspecified atom stereocenters. The number of amides is 4. The van der Waals surface area contributed by atoms with Crippen LogP contribution in [-0.2, 0) is 9.59 Å². The predicted octanol–water partition coefficient (Wildman–Crippen LogP) is 2.07. The highest BCUT2D eigenvalue weighted by Gasteiger charge is 2.54. The van der Waals surface area contributed by atoms with Gasteiger partial charge in [-0.3, -0.25) is 14.9 Å². The Labute approximate surface area is 148 Å². The van der Waals surface area contributed by atoms with Crippen molar-refractivity contribution >= 4 is 17.8 Å². The summed E-state index contributed by atoms with van der Waals surface area (Å²) in [4.78, 5) is 35.7. The van der Waals surface area contributed by atoms with Gasteiger partial charge < -0.3 is 11.1 Å². The average molecular weight is 347 g/mol. The van der Waals surface area contributed by atoms with E-state index in [2.05, 4.69) is 10.6 Å². The molecule has 138 valence electrons. The largest absolute Gasteiger partial charge is 0.353 e. The van der Waals surface area contributed by atoms with E-state index in [0.29, 0.717) is 12.8 Å². The number of hydrogen-bond acceptors (Lipinski definition) is 3. The van der Waals surface area contributed by atoms with Gasteiger partial charge in [-0.25, -0.2) is 4.79 Å². The van der Waals surface area contributed by atoms with Crippen LogP contribution >= 0.6 is 0 Å². The molecule has 0 spiro atoms. The Hall–Kier alpha value is -1.59. The van der Waals surface area contributed by atoms with Crippen LogP contribution in [0.25, 0.3) is 0 Å². The topological polar surface area (TPSA) is 101 Å². The van der Waals surface area contributed by atoms with Gasteiger partial charge in [-0.2, -0.15) is 0 Å². The number of urea groups is 1. The molecule has 0 atom stereocenters. The van der Waals surface area contributed by atoms with E-state index < -0.39 is 6.03 Å². The monoisotopic (exact) mass is 347 g/mol. The molecule has 0 aromatic carbocycles. The molecule has 4 bridgehead atoms. The Balaban J connectivity index is 1.31. The van der Waals surface area contributed by atoms with Crippen LogP contribution in [-0.4, -0.2) is 23.9 Å². The maximum Gasteiger partial charge on any atom is 0.318 e. The standard InChI is InChI=1S/C19H29N3O3/c20-18(25)22-16(23)14-1-3-15(4-2-14)21-17(24)19-8-11-5-12(9-19)7-13(6-11)10-19/h11-15H,1-10H2,(H,21,24)(H3,20,22,23,25). The Kier molecular flexibility index (Phi) is 4.24. The third-order valence-corrected chi connectivity index (χ3v) is 7.20. The minimum Gasteiger partial charge on any atom is -0.353 e. The van der Waals surface area contributed by atoms with Gasteiger partial charge in [-0.15, -0.1) is 0 Å². The van der Waals surface area contributed by atoms with E-state index >= 15 is 0 Å². The van der Waals surface area contributed by atoms with Crippen LogP contribution in [0.2, 0.25) is 0 Å². The summed E-state index contributed by atoms with van der Waals surface area (Å²) < 4.78 is 0. The van der Waals surface area contributed by atoms with Crippen LogP contribution in [0.4, 0.5) is 4.79 Å². The Morgan fingerprint density at radius 2 is 1.36 bits per heavy atom. The fraction of sp³-hybridized carbons (Fsp3) is 0.842. The van der Waals surface area contributed by atoms with Gasteiger partial charge in [0.05, 0.1) is 0 Å². The van der Waals surface area contributed by atoms with Crippen molar-refractivity contribution in [2.24, 2.45) is 34.8 Å². The van der Waals surface area contributed by atoms with Crippen molar-refractivity contribution in [3.63, 3.8) is 0 Å². The zero-order valence-corrected chi connectivity index (χ0v) is 14.8. The molecular weight excluding hydrogens is 318 g/mol. The molecule has 0 saturated heterocycles. The Bertz CT molecular complexity index is 545. The minimum atomic E-state index is -0.790. The van der Waals surface area contributed by atoms with Crippen molar-refractivity contribution in [3.8, 4) is 0 Å². The Morgan fingerprint density at radius 3 is 1.84 bits per heavy atom. The molecule has 4 N–H and O–H groups in total. The van der Waals surface area contributed by atoms with Gasteiger partial charge in [0, 0.05) is 17.4 Å². The fourth-order valence-corrected chi connectivity index (χ4v) is 6.45. The van der Waals surface area contributed by atoms with E-state index in [4.69, 9.17) is 5.73 Å². The Morgan fingerprint density at radius 1 is 0.840 bits per heavy atom. The van der Waals surface area contributed by atoms with E-state index in [1.165, 1.54) is 19.3 Å². The second-order valence-corrected chi connectivity index (χ2v) is 9.07. The van der Waals surface area contributed by atoms with Crippen molar-refractivity contribution in [1.82, 2.24) is 10.6 Å². The molecule has 25 heavy (non-hydrogen) atoms. The van der Waals surface area contributed by atoms with E-state index in [1.54, 1.807) is 0 Å². The lowest BCUT2D eigenvalue weighted by atomic mass is 9.49. The predicted molar refractivity (Wildman–Crippen MR) is 92.2 cm³/mol. The first kappa shape index (κ1) is 16.9.